The summed E-state index contributed by atoms with van der Waals surface area (Å²) in [6.45, 7) is -0.909. The molecule has 0 fully saturated rings. The number of benzene rings is 2. The summed E-state index contributed by atoms with van der Waals surface area (Å²) < 4.78 is 34.1. The van der Waals surface area contributed by atoms with E-state index in [0.717, 1.165) is 5.56 Å². The molecule has 1 aliphatic rings. The highest BCUT2D eigenvalue weighted by molar-refractivity contribution is 5.98. The quantitative estimate of drug-likeness (QED) is 0.788. The summed E-state index contributed by atoms with van der Waals surface area (Å²) in [5.41, 5.74) is 1.40. The van der Waals surface area contributed by atoms with Crippen LogP contribution in [-0.4, -0.2) is 31.6 Å². The number of nitrogens with one attached hydrogen (secondary N) is 1. The van der Waals surface area contributed by atoms with Gasteiger partial charge < -0.3 is 19.7 Å². The standard InChI is InChI=1S/C20H20F2N2O4/c1-13(14-6-8-15(9-7-14)28-20(21)22)23-18(25)10-11-24-16-4-2-3-5-17(16)27-12-19(24)26/h2-9,13,20H,10-12H2,1H3,(H,23,25). The van der Waals surface area contributed by atoms with Crippen molar-refractivity contribution < 1.29 is 27.8 Å². The highest BCUT2D eigenvalue weighted by Gasteiger charge is 2.25. The summed E-state index contributed by atoms with van der Waals surface area (Å²) in [4.78, 5) is 26.0. The Bertz CT molecular complexity index is 842. The molecular formula is C20H20F2N2O4. The van der Waals surface area contributed by atoms with E-state index in [-0.39, 0.29) is 43.2 Å². The Morgan fingerprint density at radius 1 is 1.21 bits per heavy atom. The van der Waals surface area contributed by atoms with E-state index >= 15 is 0 Å². The largest absolute Gasteiger partial charge is 0.482 e. The fourth-order valence-electron chi connectivity index (χ4n) is 2.95. The molecule has 0 aliphatic carbocycles. The van der Waals surface area contributed by atoms with Crippen molar-refractivity contribution in [3.8, 4) is 11.5 Å². The van der Waals surface area contributed by atoms with Crippen LogP contribution in [0.4, 0.5) is 14.5 Å². The molecule has 2 amide bonds. The van der Waals surface area contributed by atoms with Gasteiger partial charge in [0.1, 0.15) is 11.5 Å². The number of para-hydroxylation sites is 2. The van der Waals surface area contributed by atoms with Crippen LogP contribution in [0.3, 0.4) is 0 Å². The number of ether oxygens (including phenoxy) is 2. The minimum absolute atomic E-state index is 0.0535. The van der Waals surface area contributed by atoms with Gasteiger partial charge >= 0.3 is 6.61 Å². The van der Waals surface area contributed by atoms with Crippen molar-refractivity contribution in [2.24, 2.45) is 0 Å². The first-order valence-corrected chi connectivity index (χ1v) is 8.80. The summed E-state index contributed by atoms with van der Waals surface area (Å²) >= 11 is 0. The van der Waals surface area contributed by atoms with E-state index in [1.165, 1.54) is 12.1 Å². The highest BCUT2D eigenvalue weighted by atomic mass is 19.3. The normalized spacial score (nSPS) is 14.3. The third kappa shape index (κ3) is 4.76. The maximum absolute atomic E-state index is 12.3. The summed E-state index contributed by atoms with van der Waals surface area (Å²) in [6.07, 6.45) is 0.122. The van der Waals surface area contributed by atoms with Gasteiger partial charge in [-0.05, 0) is 36.8 Å². The van der Waals surface area contributed by atoms with E-state index in [1.807, 2.05) is 6.07 Å². The van der Waals surface area contributed by atoms with Gasteiger partial charge in [0.2, 0.25) is 5.91 Å². The van der Waals surface area contributed by atoms with Gasteiger partial charge in [-0.1, -0.05) is 24.3 Å². The first-order valence-electron chi connectivity index (χ1n) is 8.80. The number of nitrogens with zero attached hydrogens (tertiary/aromatic N) is 1. The molecule has 2 aromatic rings. The Balaban J connectivity index is 1.55. The molecule has 1 aliphatic heterocycles. The molecule has 0 radical (unpaired) electrons. The lowest BCUT2D eigenvalue weighted by Gasteiger charge is -2.29. The van der Waals surface area contributed by atoms with Gasteiger partial charge in [0.25, 0.3) is 5.91 Å². The number of fused-ring (bicyclic) bond motifs is 1. The monoisotopic (exact) mass is 390 g/mol. The number of amides is 2. The van der Waals surface area contributed by atoms with Gasteiger partial charge in [-0.3, -0.25) is 9.59 Å². The van der Waals surface area contributed by atoms with Crippen molar-refractivity contribution in [2.45, 2.75) is 26.0 Å². The second-order valence-electron chi connectivity index (χ2n) is 6.29. The molecule has 28 heavy (non-hydrogen) atoms. The van der Waals surface area contributed by atoms with Gasteiger partial charge in [0.05, 0.1) is 11.7 Å². The molecule has 0 saturated carbocycles. The van der Waals surface area contributed by atoms with Crippen LogP contribution in [-0.2, 0) is 9.59 Å². The molecule has 8 heteroatoms. The lowest BCUT2D eigenvalue weighted by molar-refractivity contribution is -0.122. The SMILES string of the molecule is CC(NC(=O)CCN1C(=O)COc2ccccc21)c1ccc(OC(F)F)cc1. The lowest BCUT2D eigenvalue weighted by Crippen LogP contribution is -2.41. The third-order valence-electron chi connectivity index (χ3n) is 4.35. The van der Waals surface area contributed by atoms with Crippen LogP contribution < -0.4 is 19.7 Å². The van der Waals surface area contributed by atoms with Crippen molar-refractivity contribution in [1.82, 2.24) is 5.32 Å². The highest BCUT2D eigenvalue weighted by Crippen LogP contribution is 2.31. The Morgan fingerprint density at radius 2 is 1.93 bits per heavy atom. The first-order chi connectivity index (χ1) is 13.4. The third-order valence-corrected chi connectivity index (χ3v) is 4.35. The molecule has 1 N–H and O–H groups in total. The van der Waals surface area contributed by atoms with E-state index in [2.05, 4.69) is 10.1 Å². The molecular weight excluding hydrogens is 370 g/mol. The zero-order chi connectivity index (χ0) is 20.1. The zero-order valence-electron chi connectivity index (χ0n) is 15.2. The van der Waals surface area contributed by atoms with Gasteiger partial charge in [-0.2, -0.15) is 8.78 Å². The van der Waals surface area contributed by atoms with E-state index < -0.39 is 6.61 Å². The van der Waals surface area contributed by atoms with Gasteiger partial charge in [0, 0.05) is 13.0 Å². The van der Waals surface area contributed by atoms with Crippen LogP contribution in [0.1, 0.15) is 24.9 Å². The molecule has 1 atom stereocenters. The van der Waals surface area contributed by atoms with Crippen molar-refractivity contribution in [3.63, 3.8) is 0 Å². The lowest BCUT2D eigenvalue weighted by atomic mass is 10.1. The maximum atomic E-state index is 12.3. The molecule has 1 unspecified atom stereocenters. The Morgan fingerprint density at radius 3 is 2.64 bits per heavy atom. The van der Waals surface area contributed by atoms with Crippen molar-refractivity contribution >= 4 is 17.5 Å². The molecule has 3 rings (SSSR count). The molecule has 0 saturated heterocycles. The molecule has 0 spiro atoms. The van der Waals surface area contributed by atoms with E-state index in [9.17, 15) is 18.4 Å². The zero-order valence-corrected chi connectivity index (χ0v) is 15.2. The van der Waals surface area contributed by atoms with Crippen LogP contribution >= 0.6 is 0 Å². The molecule has 2 aromatic carbocycles. The fourth-order valence-corrected chi connectivity index (χ4v) is 2.95. The Labute approximate surface area is 161 Å². The predicted molar refractivity (Wildman–Crippen MR) is 98.5 cm³/mol. The van der Waals surface area contributed by atoms with Crippen LogP contribution in [0.15, 0.2) is 48.5 Å². The van der Waals surface area contributed by atoms with Gasteiger partial charge in [0.15, 0.2) is 6.61 Å². The smallest absolute Gasteiger partial charge is 0.387 e. The van der Waals surface area contributed by atoms with Crippen LogP contribution in [0.25, 0.3) is 0 Å². The number of hydrogen-bond donors (Lipinski definition) is 1. The van der Waals surface area contributed by atoms with Crippen molar-refractivity contribution in [2.75, 3.05) is 18.1 Å². The summed E-state index contributed by atoms with van der Waals surface area (Å²) in [7, 11) is 0. The summed E-state index contributed by atoms with van der Waals surface area (Å²) in [5.74, 6) is 0.245. The van der Waals surface area contributed by atoms with Gasteiger partial charge in [-0.25, -0.2) is 0 Å². The van der Waals surface area contributed by atoms with Crippen LogP contribution in [0.2, 0.25) is 0 Å². The van der Waals surface area contributed by atoms with E-state index in [0.29, 0.717) is 11.4 Å². The second-order valence-corrected chi connectivity index (χ2v) is 6.29. The average Bonchev–Trinajstić information content (AvgIpc) is 2.67. The van der Waals surface area contributed by atoms with E-state index in [1.54, 1.807) is 42.2 Å². The average molecular weight is 390 g/mol. The number of carbonyl (C=O) groups is 2. The van der Waals surface area contributed by atoms with Crippen molar-refractivity contribution in [1.29, 1.82) is 0 Å². The number of anilines is 1. The number of alkyl halides is 2. The minimum atomic E-state index is -2.88. The fraction of sp³-hybridized carbons (Fsp3) is 0.300. The summed E-state index contributed by atoms with van der Waals surface area (Å²) in [5, 5.41) is 2.84. The first kappa shape index (κ1) is 19.6. The van der Waals surface area contributed by atoms with Crippen LogP contribution in [0, 0.1) is 0 Å². The van der Waals surface area contributed by atoms with Gasteiger partial charge in [-0.15, -0.1) is 0 Å². The minimum Gasteiger partial charge on any atom is -0.482 e. The molecule has 0 bridgehead atoms. The number of rotatable bonds is 7. The molecule has 1 heterocycles. The van der Waals surface area contributed by atoms with E-state index in [4.69, 9.17) is 4.74 Å². The second kappa shape index (κ2) is 8.69. The number of hydrogen-bond acceptors (Lipinski definition) is 4. The van der Waals surface area contributed by atoms with Crippen molar-refractivity contribution in [3.05, 3.63) is 54.1 Å². The Hall–Kier alpha value is -3.16. The topological polar surface area (TPSA) is 67.9 Å². The Kier molecular flexibility index (Phi) is 6.08. The molecule has 0 aromatic heterocycles. The number of carbonyl (C=O) groups excluding carboxylic acids is 2. The molecule has 148 valence electrons. The predicted octanol–water partition coefficient (Wildman–Crippen LogP) is 3.28. The number of halogens is 2. The van der Waals surface area contributed by atoms with Crippen LogP contribution in [0.5, 0.6) is 11.5 Å². The maximum Gasteiger partial charge on any atom is 0.387 e. The molecule has 6 nitrogen and oxygen atoms in total. The summed E-state index contributed by atoms with van der Waals surface area (Å²) in [6, 6.07) is 12.9.